The lowest BCUT2D eigenvalue weighted by atomic mass is 10.1. The third-order valence-corrected chi connectivity index (χ3v) is 4.93. The van der Waals surface area contributed by atoms with Crippen molar-refractivity contribution in [3.05, 3.63) is 48.1 Å². The van der Waals surface area contributed by atoms with Gasteiger partial charge in [-0.05, 0) is 13.0 Å². The molecule has 6 nitrogen and oxygen atoms in total. The molecular formula is C18H20F2N6. The summed E-state index contributed by atoms with van der Waals surface area (Å²) in [6, 6.07) is 3.96. The minimum absolute atomic E-state index is 0.196. The molecular weight excluding hydrogens is 338 g/mol. The van der Waals surface area contributed by atoms with E-state index in [1.807, 2.05) is 11.6 Å². The minimum Gasteiger partial charge on any atom is -0.352 e. The molecule has 1 unspecified atom stereocenters. The summed E-state index contributed by atoms with van der Waals surface area (Å²) in [5.74, 6) is -0.215. The number of hydrogen-bond acceptors (Lipinski definition) is 5. The second-order valence-corrected chi connectivity index (χ2v) is 6.73. The van der Waals surface area contributed by atoms with Crippen molar-refractivity contribution in [2.45, 2.75) is 19.5 Å². The van der Waals surface area contributed by atoms with Crippen molar-refractivity contribution in [3.8, 4) is 0 Å². The molecule has 0 spiro atoms. The maximum atomic E-state index is 13.9. The molecule has 8 heteroatoms. The number of fused-ring (bicyclic) bond motifs is 1. The molecule has 0 radical (unpaired) electrons. The third kappa shape index (κ3) is 3.01. The predicted molar refractivity (Wildman–Crippen MR) is 94.7 cm³/mol. The van der Waals surface area contributed by atoms with Gasteiger partial charge < -0.3 is 9.47 Å². The summed E-state index contributed by atoms with van der Waals surface area (Å²) in [7, 11) is 1.91. The van der Waals surface area contributed by atoms with Crippen molar-refractivity contribution in [1.82, 2.24) is 24.4 Å². The SMILES string of the molecule is CC1CN(c2ncnc3c2ncn3C)CCN1Cc1ccc(F)cc1F. The lowest BCUT2D eigenvalue weighted by Crippen LogP contribution is -2.51. The monoisotopic (exact) mass is 358 g/mol. The fraction of sp³-hybridized carbons (Fsp3) is 0.389. The third-order valence-electron chi connectivity index (χ3n) is 4.93. The number of aryl methyl sites for hydroxylation is 1. The van der Waals surface area contributed by atoms with Crippen molar-refractivity contribution in [1.29, 1.82) is 0 Å². The van der Waals surface area contributed by atoms with E-state index in [-0.39, 0.29) is 6.04 Å². The Morgan fingerprint density at radius 2 is 2.00 bits per heavy atom. The average Bonchev–Trinajstić information content (AvgIpc) is 3.00. The van der Waals surface area contributed by atoms with Crippen LogP contribution in [0.25, 0.3) is 11.2 Å². The Kier molecular flexibility index (Phi) is 4.28. The molecule has 1 atom stereocenters. The smallest absolute Gasteiger partial charge is 0.165 e. The first kappa shape index (κ1) is 16.8. The van der Waals surface area contributed by atoms with E-state index in [1.165, 1.54) is 12.1 Å². The van der Waals surface area contributed by atoms with Gasteiger partial charge in [-0.1, -0.05) is 6.07 Å². The molecule has 1 fully saturated rings. The van der Waals surface area contributed by atoms with E-state index in [9.17, 15) is 8.78 Å². The normalized spacial score (nSPS) is 18.6. The number of anilines is 1. The van der Waals surface area contributed by atoms with Crippen LogP contribution in [0.4, 0.5) is 14.6 Å². The van der Waals surface area contributed by atoms with E-state index in [1.54, 1.807) is 12.7 Å². The molecule has 3 aromatic rings. The fourth-order valence-corrected chi connectivity index (χ4v) is 3.46. The Labute approximate surface area is 150 Å². The first-order valence-corrected chi connectivity index (χ1v) is 8.58. The zero-order valence-electron chi connectivity index (χ0n) is 14.7. The van der Waals surface area contributed by atoms with Gasteiger partial charge in [-0.15, -0.1) is 0 Å². The molecule has 26 heavy (non-hydrogen) atoms. The lowest BCUT2D eigenvalue weighted by Gasteiger charge is -2.40. The first-order valence-electron chi connectivity index (χ1n) is 8.58. The minimum atomic E-state index is -0.549. The van der Waals surface area contributed by atoms with Crippen LogP contribution in [0, 0.1) is 11.6 Å². The van der Waals surface area contributed by atoms with Gasteiger partial charge in [0.05, 0.1) is 6.33 Å². The van der Waals surface area contributed by atoms with Gasteiger partial charge in [-0.3, -0.25) is 4.90 Å². The molecule has 0 bridgehead atoms. The number of halogens is 2. The molecule has 1 saturated heterocycles. The zero-order chi connectivity index (χ0) is 18.3. The van der Waals surface area contributed by atoms with Gasteiger partial charge in [0.15, 0.2) is 17.0 Å². The number of aromatic nitrogens is 4. The molecule has 1 aliphatic heterocycles. The van der Waals surface area contributed by atoms with E-state index in [4.69, 9.17) is 0 Å². The van der Waals surface area contributed by atoms with Crippen molar-refractivity contribution in [2.24, 2.45) is 7.05 Å². The van der Waals surface area contributed by atoms with Gasteiger partial charge in [0.25, 0.3) is 0 Å². The second kappa shape index (κ2) is 6.60. The summed E-state index contributed by atoms with van der Waals surface area (Å²) in [5, 5.41) is 0. The van der Waals surface area contributed by atoms with Crippen molar-refractivity contribution >= 4 is 17.0 Å². The van der Waals surface area contributed by atoms with Crippen LogP contribution in [-0.2, 0) is 13.6 Å². The van der Waals surface area contributed by atoms with Gasteiger partial charge in [0.1, 0.15) is 18.0 Å². The van der Waals surface area contributed by atoms with Crippen molar-refractivity contribution in [2.75, 3.05) is 24.5 Å². The van der Waals surface area contributed by atoms with Crippen LogP contribution in [0.5, 0.6) is 0 Å². The summed E-state index contributed by atoms with van der Waals surface area (Å²) < 4.78 is 28.9. The van der Waals surface area contributed by atoms with Crippen LogP contribution < -0.4 is 4.90 Å². The van der Waals surface area contributed by atoms with E-state index in [0.29, 0.717) is 12.1 Å². The highest BCUT2D eigenvalue weighted by atomic mass is 19.1. The van der Waals surface area contributed by atoms with Crippen LogP contribution >= 0.6 is 0 Å². The Hall–Kier alpha value is -2.61. The molecule has 1 aliphatic rings. The highest BCUT2D eigenvalue weighted by molar-refractivity contribution is 5.83. The fourth-order valence-electron chi connectivity index (χ4n) is 3.46. The summed E-state index contributed by atoms with van der Waals surface area (Å²) >= 11 is 0. The maximum Gasteiger partial charge on any atom is 0.165 e. The van der Waals surface area contributed by atoms with Crippen LogP contribution in [-0.4, -0.2) is 50.1 Å². The number of piperazine rings is 1. The molecule has 3 heterocycles. The molecule has 4 rings (SSSR count). The van der Waals surface area contributed by atoms with E-state index in [0.717, 1.165) is 42.7 Å². The van der Waals surface area contributed by atoms with Gasteiger partial charge >= 0.3 is 0 Å². The van der Waals surface area contributed by atoms with Crippen LogP contribution in [0.3, 0.4) is 0 Å². The zero-order valence-corrected chi connectivity index (χ0v) is 14.7. The topological polar surface area (TPSA) is 50.1 Å². The Morgan fingerprint density at radius 1 is 1.15 bits per heavy atom. The number of imidazole rings is 1. The predicted octanol–water partition coefficient (Wildman–Crippen LogP) is 2.35. The van der Waals surface area contributed by atoms with Gasteiger partial charge in [-0.25, -0.2) is 23.7 Å². The van der Waals surface area contributed by atoms with E-state index in [2.05, 4.69) is 31.7 Å². The van der Waals surface area contributed by atoms with Crippen LogP contribution in [0.2, 0.25) is 0 Å². The summed E-state index contributed by atoms with van der Waals surface area (Å²) in [4.78, 5) is 17.5. The standard InChI is InChI=1S/C18H20F2N6/c1-12-8-26(18-16-17(21-10-22-18)24(2)11-23-16)6-5-25(12)9-13-3-4-14(19)7-15(13)20/h3-4,7,10-12H,5-6,8-9H2,1-2H3. The molecule has 0 N–H and O–H groups in total. The van der Waals surface area contributed by atoms with Gasteiger partial charge in [0.2, 0.25) is 0 Å². The quantitative estimate of drug-likeness (QED) is 0.719. The maximum absolute atomic E-state index is 13.9. The molecule has 0 amide bonds. The molecule has 0 aliphatic carbocycles. The largest absolute Gasteiger partial charge is 0.352 e. The highest BCUT2D eigenvalue weighted by Crippen LogP contribution is 2.24. The second-order valence-electron chi connectivity index (χ2n) is 6.73. The number of rotatable bonds is 3. The number of benzene rings is 1. The molecule has 136 valence electrons. The highest BCUT2D eigenvalue weighted by Gasteiger charge is 2.27. The van der Waals surface area contributed by atoms with Crippen molar-refractivity contribution < 1.29 is 8.78 Å². The first-order chi connectivity index (χ1) is 12.5. The Morgan fingerprint density at radius 3 is 2.77 bits per heavy atom. The Bertz CT molecular complexity index is 941. The van der Waals surface area contributed by atoms with Crippen LogP contribution in [0.1, 0.15) is 12.5 Å². The summed E-state index contributed by atoms with van der Waals surface area (Å²) in [5.41, 5.74) is 2.11. The molecule has 2 aromatic heterocycles. The van der Waals surface area contributed by atoms with Gasteiger partial charge in [-0.2, -0.15) is 0 Å². The molecule has 0 saturated carbocycles. The average molecular weight is 358 g/mol. The molecule has 1 aromatic carbocycles. The lowest BCUT2D eigenvalue weighted by molar-refractivity contribution is 0.178. The van der Waals surface area contributed by atoms with Crippen LogP contribution in [0.15, 0.2) is 30.9 Å². The van der Waals surface area contributed by atoms with Crippen molar-refractivity contribution in [3.63, 3.8) is 0 Å². The summed E-state index contributed by atoms with van der Waals surface area (Å²) in [6.07, 6.45) is 3.30. The summed E-state index contributed by atoms with van der Waals surface area (Å²) in [6.45, 7) is 4.84. The Balaban J connectivity index is 1.51. The number of nitrogens with zero attached hydrogens (tertiary/aromatic N) is 6. The number of hydrogen-bond donors (Lipinski definition) is 0. The van der Waals surface area contributed by atoms with Gasteiger partial charge in [0, 0.05) is 50.9 Å². The van der Waals surface area contributed by atoms with E-state index < -0.39 is 11.6 Å². The van der Waals surface area contributed by atoms with E-state index >= 15 is 0 Å².